The zero-order chi connectivity index (χ0) is 14.8. The fourth-order valence-corrected chi connectivity index (χ4v) is 4.41. The zero-order valence-electron chi connectivity index (χ0n) is 12.8. The molecule has 4 heteroatoms. The van der Waals surface area contributed by atoms with E-state index in [4.69, 9.17) is 0 Å². The fourth-order valence-electron chi connectivity index (χ4n) is 3.20. The van der Waals surface area contributed by atoms with Gasteiger partial charge in [0, 0.05) is 6.54 Å². The van der Waals surface area contributed by atoms with Gasteiger partial charge in [0.25, 0.3) is 0 Å². The highest BCUT2D eigenvalue weighted by molar-refractivity contribution is 7.99. The molecule has 0 radical (unpaired) electrons. The van der Waals surface area contributed by atoms with Gasteiger partial charge in [0.05, 0.1) is 6.04 Å². The third kappa shape index (κ3) is 3.27. The highest BCUT2D eigenvalue weighted by Gasteiger charge is 2.38. The van der Waals surface area contributed by atoms with E-state index < -0.39 is 0 Å². The lowest BCUT2D eigenvalue weighted by Crippen LogP contribution is -2.36. The Bertz CT molecular complexity index is 496. The number of aryl methyl sites for hydroxylation is 1. The molecule has 0 aromatic heterocycles. The molecule has 1 aromatic carbocycles. The van der Waals surface area contributed by atoms with Crippen molar-refractivity contribution in [1.29, 1.82) is 0 Å². The molecule has 1 N–H and O–H groups in total. The fraction of sp³-hybridized carbons (Fsp3) is 0.588. The molecule has 0 bridgehead atoms. The minimum atomic E-state index is -0.0748. The number of carbonyl (C=O) groups excluding carboxylic acids is 1. The van der Waals surface area contributed by atoms with Crippen LogP contribution >= 0.6 is 11.8 Å². The average Bonchev–Trinajstić information content (AvgIpc) is 2.78. The van der Waals surface area contributed by atoms with E-state index in [-0.39, 0.29) is 18.1 Å². The Hall–Kier alpha value is -1.00. The van der Waals surface area contributed by atoms with Crippen molar-refractivity contribution >= 4 is 17.7 Å². The molecule has 3 rings (SSSR count). The molecule has 0 spiro atoms. The molecule has 2 aliphatic heterocycles. The molecule has 114 valence electrons. The summed E-state index contributed by atoms with van der Waals surface area (Å²) in [6, 6.07) is 8.46. The lowest BCUT2D eigenvalue weighted by Gasteiger charge is -2.30. The van der Waals surface area contributed by atoms with Crippen LogP contribution in [0.3, 0.4) is 0 Å². The van der Waals surface area contributed by atoms with E-state index >= 15 is 0 Å². The van der Waals surface area contributed by atoms with Gasteiger partial charge in [0.15, 0.2) is 0 Å². The van der Waals surface area contributed by atoms with Gasteiger partial charge in [-0.3, -0.25) is 10.1 Å². The molecule has 21 heavy (non-hydrogen) atoms. The van der Waals surface area contributed by atoms with Crippen LogP contribution in [-0.4, -0.2) is 34.9 Å². The van der Waals surface area contributed by atoms with Crippen molar-refractivity contribution in [2.75, 3.05) is 18.1 Å². The number of hydrogen-bond acceptors (Lipinski definition) is 3. The quantitative estimate of drug-likeness (QED) is 0.932. The number of nitrogens with zero attached hydrogens (tertiary/aromatic N) is 1. The van der Waals surface area contributed by atoms with Gasteiger partial charge in [0.1, 0.15) is 6.17 Å². The van der Waals surface area contributed by atoms with Gasteiger partial charge in [-0.05, 0) is 49.7 Å². The van der Waals surface area contributed by atoms with Crippen LogP contribution in [0.4, 0.5) is 0 Å². The molecule has 1 amide bonds. The first-order valence-electron chi connectivity index (χ1n) is 7.86. The van der Waals surface area contributed by atoms with Gasteiger partial charge in [-0.25, -0.2) is 0 Å². The molecular formula is C17H24N2OS. The van der Waals surface area contributed by atoms with Gasteiger partial charge in [-0.2, -0.15) is 11.8 Å². The second kappa shape index (κ2) is 6.41. The van der Waals surface area contributed by atoms with Gasteiger partial charge in [-0.15, -0.1) is 0 Å². The minimum Gasteiger partial charge on any atom is -0.321 e. The van der Waals surface area contributed by atoms with Crippen molar-refractivity contribution in [2.45, 2.75) is 38.9 Å². The number of rotatable bonds is 3. The van der Waals surface area contributed by atoms with Crippen molar-refractivity contribution in [3.8, 4) is 0 Å². The summed E-state index contributed by atoms with van der Waals surface area (Å²) in [6.45, 7) is 4.96. The van der Waals surface area contributed by atoms with Crippen molar-refractivity contribution in [2.24, 2.45) is 5.92 Å². The van der Waals surface area contributed by atoms with Crippen molar-refractivity contribution in [3.63, 3.8) is 0 Å². The standard InChI is InChI=1S/C17H24N2OS/c1-12-3-5-15(6-4-12)16-18-13(2)17(20)19(16)11-14-7-9-21-10-8-14/h3-6,13-14,16,18H,7-11H2,1-2H3. The summed E-state index contributed by atoms with van der Waals surface area (Å²) in [4.78, 5) is 14.6. The van der Waals surface area contributed by atoms with Crippen molar-refractivity contribution < 1.29 is 4.79 Å². The van der Waals surface area contributed by atoms with Crippen LogP contribution in [0.1, 0.15) is 37.1 Å². The number of amides is 1. The first-order valence-corrected chi connectivity index (χ1v) is 9.01. The molecular weight excluding hydrogens is 280 g/mol. The van der Waals surface area contributed by atoms with E-state index in [1.165, 1.54) is 35.5 Å². The van der Waals surface area contributed by atoms with Crippen LogP contribution in [0.5, 0.6) is 0 Å². The predicted molar refractivity (Wildman–Crippen MR) is 88.3 cm³/mol. The Morgan fingerprint density at radius 3 is 2.57 bits per heavy atom. The molecule has 2 heterocycles. The monoisotopic (exact) mass is 304 g/mol. The predicted octanol–water partition coefficient (Wildman–Crippen LogP) is 2.96. The molecule has 0 saturated carbocycles. The second-order valence-electron chi connectivity index (χ2n) is 6.25. The molecule has 2 saturated heterocycles. The summed E-state index contributed by atoms with van der Waals surface area (Å²) in [6.07, 6.45) is 2.52. The third-order valence-electron chi connectivity index (χ3n) is 4.56. The number of nitrogens with one attached hydrogen (secondary N) is 1. The molecule has 2 aliphatic rings. The Kier molecular flexibility index (Phi) is 4.55. The largest absolute Gasteiger partial charge is 0.321 e. The lowest BCUT2D eigenvalue weighted by molar-refractivity contribution is -0.130. The summed E-state index contributed by atoms with van der Waals surface area (Å²) in [5.41, 5.74) is 2.45. The van der Waals surface area contributed by atoms with E-state index in [9.17, 15) is 4.79 Å². The number of carbonyl (C=O) groups is 1. The molecule has 1 aromatic rings. The topological polar surface area (TPSA) is 32.3 Å². The third-order valence-corrected chi connectivity index (χ3v) is 5.61. The van der Waals surface area contributed by atoms with E-state index in [1.54, 1.807) is 0 Å². The lowest BCUT2D eigenvalue weighted by atomic mass is 10.0. The highest BCUT2D eigenvalue weighted by atomic mass is 32.2. The summed E-state index contributed by atoms with van der Waals surface area (Å²) in [7, 11) is 0. The molecule has 0 aliphatic carbocycles. The Morgan fingerprint density at radius 1 is 1.24 bits per heavy atom. The van der Waals surface area contributed by atoms with Crippen LogP contribution in [0, 0.1) is 12.8 Å². The van der Waals surface area contributed by atoms with Crippen LogP contribution in [0.2, 0.25) is 0 Å². The van der Waals surface area contributed by atoms with E-state index in [2.05, 4.69) is 41.4 Å². The van der Waals surface area contributed by atoms with Crippen molar-refractivity contribution in [1.82, 2.24) is 10.2 Å². The van der Waals surface area contributed by atoms with E-state index in [0.29, 0.717) is 5.92 Å². The summed E-state index contributed by atoms with van der Waals surface area (Å²) < 4.78 is 0. The maximum absolute atomic E-state index is 12.5. The maximum Gasteiger partial charge on any atom is 0.241 e. The minimum absolute atomic E-state index is 0.0441. The van der Waals surface area contributed by atoms with Crippen LogP contribution in [0.25, 0.3) is 0 Å². The van der Waals surface area contributed by atoms with E-state index in [0.717, 1.165) is 6.54 Å². The Labute approximate surface area is 131 Å². The highest BCUT2D eigenvalue weighted by Crippen LogP contribution is 2.30. The number of thioether (sulfide) groups is 1. The normalized spacial score (nSPS) is 27.3. The molecule has 3 nitrogen and oxygen atoms in total. The molecule has 2 fully saturated rings. The first-order chi connectivity index (χ1) is 10.1. The SMILES string of the molecule is Cc1ccc(C2NC(C)C(=O)N2CC2CCSCC2)cc1. The Balaban J connectivity index is 1.77. The maximum atomic E-state index is 12.5. The zero-order valence-corrected chi connectivity index (χ0v) is 13.7. The first kappa shape index (κ1) is 14.9. The van der Waals surface area contributed by atoms with E-state index in [1.807, 2.05) is 18.7 Å². The summed E-state index contributed by atoms with van der Waals surface area (Å²) in [5.74, 6) is 3.39. The summed E-state index contributed by atoms with van der Waals surface area (Å²) >= 11 is 2.04. The summed E-state index contributed by atoms with van der Waals surface area (Å²) in [5, 5.41) is 3.45. The smallest absolute Gasteiger partial charge is 0.241 e. The van der Waals surface area contributed by atoms with Gasteiger partial charge < -0.3 is 4.90 Å². The molecule has 2 atom stereocenters. The average molecular weight is 304 g/mol. The number of hydrogen-bond donors (Lipinski definition) is 1. The van der Waals surface area contributed by atoms with Gasteiger partial charge >= 0.3 is 0 Å². The Morgan fingerprint density at radius 2 is 1.90 bits per heavy atom. The van der Waals surface area contributed by atoms with Crippen LogP contribution < -0.4 is 5.32 Å². The molecule has 2 unspecified atom stereocenters. The van der Waals surface area contributed by atoms with Crippen LogP contribution in [-0.2, 0) is 4.79 Å². The van der Waals surface area contributed by atoms with Gasteiger partial charge in [-0.1, -0.05) is 29.8 Å². The van der Waals surface area contributed by atoms with Crippen molar-refractivity contribution in [3.05, 3.63) is 35.4 Å². The number of benzene rings is 1. The van der Waals surface area contributed by atoms with Crippen LogP contribution in [0.15, 0.2) is 24.3 Å². The van der Waals surface area contributed by atoms with Gasteiger partial charge in [0.2, 0.25) is 5.91 Å². The second-order valence-corrected chi connectivity index (χ2v) is 7.47.